The van der Waals surface area contributed by atoms with Crippen LogP contribution in [0.15, 0.2) is 29.7 Å². The molecule has 0 aromatic carbocycles. The summed E-state index contributed by atoms with van der Waals surface area (Å²) in [5, 5.41) is 0. The summed E-state index contributed by atoms with van der Waals surface area (Å²) in [6.45, 7) is 13.1. The minimum Gasteiger partial charge on any atom is -0.381 e. The van der Waals surface area contributed by atoms with E-state index in [1.54, 1.807) is 0 Å². The monoisotopic (exact) mass is 415 g/mol. The second kappa shape index (κ2) is 28.9. The van der Waals surface area contributed by atoms with Gasteiger partial charge in [-0.25, -0.2) is 0 Å². The van der Waals surface area contributed by atoms with Crippen LogP contribution in [0, 0.1) is 0 Å². The first-order chi connectivity index (χ1) is 10.0. The number of nitrogens with zero attached hydrogens (tertiary/aromatic N) is 1. The Bertz CT molecular complexity index is 245. The molecule has 1 nitrogen and oxygen atoms in total. The largest absolute Gasteiger partial charge is 0.381 e. The molecule has 1 rings (SSSR count). The van der Waals surface area contributed by atoms with Gasteiger partial charge in [0.15, 0.2) is 0 Å². The van der Waals surface area contributed by atoms with E-state index in [4.69, 9.17) is 0 Å². The predicted molar refractivity (Wildman–Crippen MR) is 107 cm³/mol. The third-order valence-electron chi connectivity index (χ3n) is 2.88. The second-order valence-electron chi connectivity index (χ2n) is 5.29. The average Bonchev–Trinajstić information content (AvgIpc) is 2.56. The fourth-order valence-corrected chi connectivity index (χ4v) is 0.776. The van der Waals surface area contributed by atoms with Crippen molar-refractivity contribution in [3.05, 3.63) is 29.7 Å². The minimum atomic E-state index is 0. The molecule has 0 fully saturated rings. The zero-order valence-corrected chi connectivity index (χ0v) is 19.5. The molecule has 0 amide bonds. The molecule has 0 aromatic heterocycles. The van der Waals surface area contributed by atoms with E-state index in [1.807, 2.05) is 12.2 Å². The van der Waals surface area contributed by atoms with Gasteiger partial charge in [0.05, 0.1) is 0 Å². The Morgan fingerprint density at radius 3 is 1.32 bits per heavy atom. The fourth-order valence-electron chi connectivity index (χ4n) is 0.776. The Morgan fingerprint density at radius 2 is 1.18 bits per heavy atom. The molecule has 0 spiro atoms. The summed E-state index contributed by atoms with van der Waals surface area (Å²) in [4.78, 5) is 2.12. The Labute approximate surface area is 158 Å². The molecule has 0 aromatic rings. The van der Waals surface area contributed by atoms with Gasteiger partial charge >= 0.3 is 0 Å². The van der Waals surface area contributed by atoms with Gasteiger partial charge in [0.25, 0.3) is 0 Å². The molecule has 1 aliphatic rings. The van der Waals surface area contributed by atoms with E-state index in [0.29, 0.717) is 0 Å². The van der Waals surface area contributed by atoms with Crippen LogP contribution in [0.2, 0.25) is 0 Å². The molecule has 0 bridgehead atoms. The smallest absolute Gasteiger partial charge is 0.0178 e. The maximum Gasteiger partial charge on any atom is 0.0178 e. The molecule has 0 aliphatic heterocycles. The Hall–Kier alpha value is -0.141. The number of hydrogen-bond acceptors (Lipinski definition) is 1. The van der Waals surface area contributed by atoms with Gasteiger partial charge in [-0.2, -0.15) is 0 Å². The average molecular weight is 414 g/mol. The third-order valence-corrected chi connectivity index (χ3v) is 2.88. The van der Waals surface area contributed by atoms with Gasteiger partial charge in [-0.05, 0) is 18.2 Å². The van der Waals surface area contributed by atoms with Crippen molar-refractivity contribution in [2.75, 3.05) is 14.1 Å². The van der Waals surface area contributed by atoms with E-state index in [2.05, 4.69) is 72.3 Å². The van der Waals surface area contributed by atoms with Crippen LogP contribution in [-0.4, -0.2) is 42.9 Å². The van der Waals surface area contributed by atoms with Crippen molar-refractivity contribution in [3.8, 4) is 0 Å². The molecular formula is C20H41NSn. The summed E-state index contributed by atoms with van der Waals surface area (Å²) >= 11 is 0. The van der Waals surface area contributed by atoms with Crippen molar-refractivity contribution in [3.63, 3.8) is 0 Å². The zero-order valence-electron chi connectivity index (χ0n) is 16.6. The molecule has 0 atom stereocenters. The van der Waals surface area contributed by atoms with Crippen molar-refractivity contribution in [2.45, 2.75) is 86.5 Å². The molecule has 4 radical (unpaired) electrons. The van der Waals surface area contributed by atoms with Gasteiger partial charge in [0, 0.05) is 50.1 Å². The van der Waals surface area contributed by atoms with Crippen molar-refractivity contribution in [1.82, 2.24) is 4.90 Å². The van der Waals surface area contributed by atoms with Crippen LogP contribution >= 0.6 is 0 Å². The molecule has 2 heteroatoms. The summed E-state index contributed by atoms with van der Waals surface area (Å²) in [6.07, 6.45) is 15.0. The van der Waals surface area contributed by atoms with Crippen LogP contribution in [0.3, 0.4) is 0 Å². The zero-order chi connectivity index (χ0) is 16.9. The van der Waals surface area contributed by atoms with Crippen molar-refractivity contribution in [2.24, 2.45) is 0 Å². The van der Waals surface area contributed by atoms with Gasteiger partial charge in [0.2, 0.25) is 0 Å². The normalized spacial score (nSPS) is 10.5. The molecule has 130 valence electrons. The molecule has 22 heavy (non-hydrogen) atoms. The Morgan fingerprint density at radius 1 is 0.818 bits per heavy atom. The number of allylic oxidation sites excluding steroid dienone is 2. The van der Waals surface area contributed by atoms with E-state index in [-0.39, 0.29) is 23.9 Å². The molecule has 0 N–H and O–H groups in total. The van der Waals surface area contributed by atoms with Crippen molar-refractivity contribution >= 4 is 23.9 Å². The maximum absolute atomic E-state index is 3.02. The van der Waals surface area contributed by atoms with Gasteiger partial charge in [-0.15, -0.1) is 5.73 Å². The molecule has 1 aliphatic carbocycles. The molecule has 0 saturated carbocycles. The van der Waals surface area contributed by atoms with Gasteiger partial charge in [-0.3, -0.25) is 0 Å². The minimum absolute atomic E-state index is 0. The van der Waals surface area contributed by atoms with Gasteiger partial charge in [0.1, 0.15) is 0 Å². The first-order valence-corrected chi connectivity index (χ1v) is 8.82. The molecule has 0 unspecified atom stereocenters. The van der Waals surface area contributed by atoms with Crippen LogP contribution in [0.4, 0.5) is 0 Å². The maximum atomic E-state index is 3.02. The van der Waals surface area contributed by atoms with E-state index < -0.39 is 0 Å². The standard InChI is InChI=1S/C8H11N.3C4H10.Sn/c1-9(2)8-6-4-3-5-7-8;3*1-3-4-2;/h4-6H,7H2,1-2H3;3*3-4H2,1-2H3;. The molecule has 0 saturated heterocycles. The topological polar surface area (TPSA) is 3.24 Å². The van der Waals surface area contributed by atoms with Crippen molar-refractivity contribution in [1.29, 1.82) is 0 Å². The van der Waals surface area contributed by atoms with Crippen LogP contribution in [0.25, 0.3) is 0 Å². The summed E-state index contributed by atoms with van der Waals surface area (Å²) in [5.74, 6) is 0. The first kappa shape index (κ1) is 29.8. The molecule has 0 heterocycles. The second-order valence-corrected chi connectivity index (χ2v) is 5.29. The van der Waals surface area contributed by atoms with Crippen LogP contribution in [-0.2, 0) is 0 Å². The Kier molecular flexibility index (Phi) is 39.2. The summed E-state index contributed by atoms with van der Waals surface area (Å²) in [7, 11) is 4.11. The quantitative estimate of drug-likeness (QED) is 0.371. The number of hydrogen-bond donors (Lipinski definition) is 0. The Balaban J connectivity index is -0.000000107. The first-order valence-electron chi connectivity index (χ1n) is 8.82. The van der Waals surface area contributed by atoms with Crippen molar-refractivity contribution < 1.29 is 0 Å². The molecular weight excluding hydrogens is 373 g/mol. The van der Waals surface area contributed by atoms with Crippen LogP contribution in [0.5, 0.6) is 0 Å². The summed E-state index contributed by atoms with van der Waals surface area (Å²) in [5.41, 5.74) is 4.36. The van der Waals surface area contributed by atoms with E-state index >= 15 is 0 Å². The van der Waals surface area contributed by atoms with Gasteiger partial charge < -0.3 is 4.90 Å². The SMILES string of the molecule is CCCC.CCCC.CCCC.CN(C)C1=CC=C=CC1.[Sn]. The van der Waals surface area contributed by atoms with E-state index in [0.717, 1.165) is 6.42 Å². The third kappa shape index (κ3) is 32.0. The summed E-state index contributed by atoms with van der Waals surface area (Å²) in [6, 6.07) is 0. The van der Waals surface area contributed by atoms with E-state index in [1.165, 1.54) is 44.2 Å². The number of rotatable bonds is 4. The fraction of sp³-hybridized carbons (Fsp3) is 0.750. The van der Waals surface area contributed by atoms with Crippen LogP contribution < -0.4 is 0 Å². The van der Waals surface area contributed by atoms with Gasteiger partial charge in [-0.1, -0.05) is 80.1 Å². The van der Waals surface area contributed by atoms with Crippen LogP contribution in [0.1, 0.15) is 86.5 Å². The summed E-state index contributed by atoms with van der Waals surface area (Å²) < 4.78 is 0. The predicted octanol–water partition coefficient (Wildman–Crippen LogP) is 6.59. The van der Waals surface area contributed by atoms with E-state index in [9.17, 15) is 0 Å². The number of unbranched alkanes of at least 4 members (excludes halogenated alkanes) is 3.